The molecule has 24 heavy (non-hydrogen) atoms. The number of nitrogens with zero attached hydrogens (tertiary/aromatic N) is 3. The Kier molecular flexibility index (Phi) is 3.13. The van der Waals surface area contributed by atoms with Crippen molar-refractivity contribution in [1.82, 2.24) is 9.38 Å². The lowest BCUT2D eigenvalue weighted by molar-refractivity contribution is -0.120. The number of fused-ring (bicyclic) bond motifs is 2. The second-order valence-corrected chi connectivity index (χ2v) is 5.82. The fraction of sp³-hybridized carbons (Fsp3) is 0.167. The van der Waals surface area contributed by atoms with Crippen molar-refractivity contribution >= 4 is 23.5 Å². The Balaban J connectivity index is 1.92. The molecule has 0 bridgehead atoms. The molecular weight excluding hydrogens is 306 g/mol. The van der Waals surface area contributed by atoms with Crippen molar-refractivity contribution in [2.24, 2.45) is 0 Å². The highest BCUT2D eigenvalue weighted by Crippen LogP contribution is 2.36. The van der Waals surface area contributed by atoms with Crippen LogP contribution in [0.15, 0.2) is 36.5 Å². The summed E-state index contributed by atoms with van der Waals surface area (Å²) in [6.45, 7) is 2.00. The highest BCUT2D eigenvalue weighted by molar-refractivity contribution is 5.98. The summed E-state index contributed by atoms with van der Waals surface area (Å²) in [6.07, 6.45) is 2.69. The maximum absolute atomic E-state index is 11.8. The second-order valence-electron chi connectivity index (χ2n) is 5.82. The minimum Gasteiger partial charge on any atom is -0.482 e. The number of imidazole rings is 1. The number of likely N-dealkylation sites (N-methyl/N-ethyl adjacent to an activating group) is 1. The van der Waals surface area contributed by atoms with E-state index in [1.54, 1.807) is 22.4 Å². The molecule has 1 aromatic carbocycles. The minimum atomic E-state index is -0.110. The molecule has 0 N–H and O–H groups in total. The predicted octanol–water partition coefficient (Wildman–Crippen LogP) is 2.48. The summed E-state index contributed by atoms with van der Waals surface area (Å²) in [6, 6.07) is 9.31. The summed E-state index contributed by atoms with van der Waals surface area (Å²) < 4.78 is 7.22. The van der Waals surface area contributed by atoms with Crippen LogP contribution in [0.5, 0.6) is 5.75 Å². The maximum atomic E-state index is 11.8. The number of amides is 1. The largest absolute Gasteiger partial charge is 0.482 e. The maximum Gasteiger partial charge on any atom is 0.264 e. The molecule has 1 aliphatic heterocycles. The van der Waals surface area contributed by atoms with Gasteiger partial charge in [-0.05, 0) is 36.8 Å². The quantitative estimate of drug-likeness (QED) is 0.680. The molecule has 0 saturated carbocycles. The monoisotopic (exact) mass is 321 g/mol. The number of pyridine rings is 1. The zero-order valence-electron chi connectivity index (χ0n) is 13.3. The van der Waals surface area contributed by atoms with E-state index < -0.39 is 0 Å². The Labute approximate surface area is 138 Å². The van der Waals surface area contributed by atoms with E-state index in [0.29, 0.717) is 28.5 Å². The van der Waals surface area contributed by atoms with Gasteiger partial charge in [0, 0.05) is 18.8 Å². The highest BCUT2D eigenvalue weighted by Gasteiger charge is 2.23. The number of carbonyl (C=O) groups is 2. The van der Waals surface area contributed by atoms with Gasteiger partial charge in [0.05, 0.1) is 5.69 Å². The molecule has 0 aliphatic carbocycles. The number of ether oxygens (including phenoxy) is 1. The third-order valence-electron chi connectivity index (χ3n) is 4.23. The van der Waals surface area contributed by atoms with Crippen molar-refractivity contribution in [3.05, 3.63) is 47.8 Å². The first kappa shape index (κ1) is 14.4. The molecule has 3 heterocycles. The molecule has 0 spiro atoms. The first-order valence-corrected chi connectivity index (χ1v) is 7.56. The molecule has 0 atom stereocenters. The van der Waals surface area contributed by atoms with E-state index in [1.165, 1.54) is 0 Å². The van der Waals surface area contributed by atoms with Gasteiger partial charge >= 0.3 is 0 Å². The zero-order chi connectivity index (χ0) is 16.8. The van der Waals surface area contributed by atoms with Crippen LogP contribution in [0.3, 0.4) is 0 Å². The third kappa shape index (κ3) is 2.07. The number of anilines is 1. The van der Waals surface area contributed by atoms with Crippen molar-refractivity contribution in [1.29, 1.82) is 0 Å². The zero-order valence-corrected chi connectivity index (χ0v) is 13.3. The molecule has 1 amide bonds. The smallest absolute Gasteiger partial charge is 0.264 e. The molecule has 4 rings (SSSR count). The van der Waals surface area contributed by atoms with Crippen LogP contribution in [0.25, 0.3) is 16.9 Å². The number of rotatable bonds is 2. The highest BCUT2D eigenvalue weighted by atomic mass is 16.5. The van der Waals surface area contributed by atoms with Gasteiger partial charge < -0.3 is 9.64 Å². The molecule has 0 fully saturated rings. The first-order chi connectivity index (χ1) is 11.6. The van der Waals surface area contributed by atoms with Gasteiger partial charge in [-0.25, -0.2) is 4.98 Å². The van der Waals surface area contributed by atoms with Crippen LogP contribution in [0.2, 0.25) is 0 Å². The number of benzene rings is 1. The second kappa shape index (κ2) is 5.19. The molecule has 1 aliphatic rings. The average Bonchev–Trinajstić information content (AvgIpc) is 2.95. The number of hydrogen-bond acceptors (Lipinski definition) is 4. The van der Waals surface area contributed by atoms with Gasteiger partial charge in [0.2, 0.25) is 0 Å². The van der Waals surface area contributed by atoms with E-state index in [1.807, 2.05) is 37.4 Å². The van der Waals surface area contributed by atoms with E-state index in [4.69, 9.17) is 4.74 Å². The SMILES string of the molecule is Cc1ccc2nc(-c3ccc4c(c3)N(C)C(=O)CO4)c(C=O)n2c1. The number of aldehydes is 1. The van der Waals surface area contributed by atoms with E-state index in [2.05, 4.69) is 4.98 Å². The summed E-state index contributed by atoms with van der Waals surface area (Å²) in [4.78, 5) is 29.6. The van der Waals surface area contributed by atoms with E-state index in [0.717, 1.165) is 17.4 Å². The van der Waals surface area contributed by atoms with Gasteiger partial charge in [0.15, 0.2) is 12.9 Å². The van der Waals surface area contributed by atoms with Crippen LogP contribution in [-0.4, -0.2) is 35.2 Å². The molecule has 6 nitrogen and oxygen atoms in total. The normalized spacial score (nSPS) is 13.8. The topological polar surface area (TPSA) is 63.9 Å². The Morgan fingerprint density at radius 3 is 2.88 bits per heavy atom. The summed E-state index contributed by atoms with van der Waals surface area (Å²) in [7, 11) is 1.71. The van der Waals surface area contributed by atoms with E-state index in [9.17, 15) is 9.59 Å². The summed E-state index contributed by atoms with van der Waals surface area (Å²) in [5, 5.41) is 0. The van der Waals surface area contributed by atoms with Gasteiger partial charge in [0.25, 0.3) is 5.91 Å². The van der Waals surface area contributed by atoms with Crippen LogP contribution in [0.4, 0.5) is 5.69 Å². The molecular formula is C18H15N3O3. The molecule has 0 saturated heterocycles. The fourth-order valence-electron chi connectivity index (χ4n) is 2.91. The Hall–Kier alpha value is -3.15. The lowest BCUT2D eigenvalue weighted by Crippen LogP contribution is -2.35. The van der Waals surface area contributed by atoms with Crippen LogP contribution in [0, 0.1) is 6.92 Å². The van der Waals surface area contributed by atoms with Gasteiger partial charge in [-0.2, -0.15) is 0 Å². The molecule has 0 radical (unpaired) electrons. The average molecular weight is 321 g/mol. The number of hydrogen-bond donors (Lipinski definition) is 0. The predicted molar refractivity (Wildman–Crippen MR) is 89.7 cm³/mol. The van der Waals surface area contributed by atoms with Gasteiger partial charge in [-0.15, -0.1) is 0 Å². The fourth-order valence-corrected chi connectivity index (χ4v) is 2.91. The Morgan fingerprint density at radius 2 is 2.08 bits per heavy atom. The van der Waals surface area contributed by atoms with Crippen molar-refractivity contribution in [2.75, 3.05) is 18.6 Å². The van der Waals surface area contributed by atoms with Gasteiger partial charge in [-0.1, -0.05) is 6.07 Å². The van der Waals surface area contributed by atoms with E-state index in [-0.39, 0.29) is 12.5 Å². The van der Waals surface area contributed by atoms with Crippen LogP contribution >= 0.6 is 0 Å². The number of carbonyl (C=O) groups excluding carboxylic acids is 2. The molecule has 0 unspecified atom stereocenters. The van der Waals surface area contributed by atoms with Crippen LogP contribution in [-0.2, 0) is 4.79 Å². The Bertz CT molecular complexity index is 991. The summed E-state index contributed by atoms with van der Waals surface area (Å²) in [5.74, 6) is 0.536. The Morgan fingerprint density at radius 1 is 1.25 bits per heavy atom. The first-order valence-electron chi connectivity index (χ1n) is 7.56. The van der Waals surface area contributed by atoms with E-state index >= 15 is 0 Å². The minimum absolute atomic E-state index is 0.0378. The third-order valence-corrected chi connectivity index (χ3v) is 4.23. The molecule has 3 aromatic rings. The van der Waals surface area contributed by atoms with Gasteiger partial charge in [0.1, 0.15) is 22.8 Å². The number of aromatic nitrogens is 2. The number of aryl methyl sites for hydroxylation is 1. The van der Waals surface area contributed by atoms with Crippen LogP contribution in [0.1, 0.15) is 16.1 Å². The van der Waals surface area contributed by atoms with Crippen molar-refractivity contribution < 1.29 is 14.3 Å². The lowest BCUT2D eigenvalue weighted by atomic mass is 10.1. The standard InChI is InChI=1S/C18H15N3O3/c1-11-3-6-16-19-18(14(9-22)21(16)8-11)12-4-5-15-13(7-12)20(2)17(23)10-24-15/h3-9H,10H2,1-2H3. The molecule has 120 valence electrons. The molecule has 2 aromatic heterocycles. The van der Waals surface area contributed by atoms with Crippen LogP contribution < -0.4 is 9.64 Å². The summed E-state index contributed by atoms with van der Waals surface area (Å²) >= 11 is 0. The summed E-state index contributed by atoms with van der Waals surface area (Å²) in [5.41, 5.74) is 4.26. The molecule has 6 heteroatoms. The van der Waals surface area contributed by atoms with Gasteiger partial charge in [-0.3, -0.25) is 14.0 Å². The lowest BCUT2D eigenvalue weighted by Gasteiger charge is -2.26. The van der Waals surface area contributed by atoms with Crippen molar-refractivity contribution in [3.8, 4) is 17.0 Å². The van der Waals surface area contributed by atoms with Crippen molar-refractivity contribution in [3.63, 3.8) is 0 Å². The van der Waals surface area contributed by atoms with Crippen molar-refractivity contribution in [2.45, 2.75) is 6.92 Å².